The number of carbonyl (C=O) groups is 2. The molecule has 2 rings (SSSR count). The third kappa shape index (κ3) is 4.14. The molecule has 134 valence electrons. The molecule has 1 saturated heterocycles. The van der Waals surface area contributed by atoms with E-state index in [0.717, 1.165) is 18.5 Å². The lowest BCUT2D eigenvalue weighted by Crippen LogP contribution is -2.53. The Balaban J connectivity index is 2.18. The zero-order chi connectivity index (χ0) is 17.7. The van der Waals surface area contributed by atoms with Crippen LogP contribution in [-0.4, -0.2) is 45.5 Å². The number of carboxylic acids is 1. The Kier molecular flexibility index (Phi) is 5.99. The van der Waals surface area contributed by atoms with Crippen LogP contribution in [0.4, 0.5) is 0 Å². The molecular formula is C17H27N3O4. The second-order valence-electron chi connectivity index (χ2n) is 6.50. The molecule has 1 aliphatic rings. The molecule has 1 aliphatic heterocycles. The summed E-state index contributed by atoms with van der Waals surface area (Å²) in [7, 11) is 0. The maximum absolute atomic E-state index is 12.6. The first-order chi connectivity index (χ1) is 11.4. The summed E-state index contributed by atoms with van der Waals surface area (Å²) in [5, 5.41) is 16.6. The Labute approximate surface area is 142 Å². The van der Waals surface area contributed by atoms with Gasteiger partial charge in [0.25, 0.3) is 5.91 Å². The van der Waals surface area contributed by atoms with Gasteiger partial charge in [-0.05, 0) is 38.7 Å². The van der Waals surface area contributed by atoms with Gasteiger partial charge >= 0.3 is 5.97 Å². The molecule has 7 heteroatoms. The monoisotopic (exact) mass is 337 g/mol. The molecule has 24 heavy (non-hydrogen) atoms. The van der Waals surface area contributed by atoms with E-state index in [1.165, 1.54) is 0 Å². The van der Waals surface area contributed by atoms with Crippen LogP contribution in [0.15, 0.2) is 6.07 Å². The third-order valence-electron chi connectivity index (χ3n) is 4.76. The molecule has 7 nitrogen and oxygen atoms in total. The molecule has 1 aromatic rings. The zero-order valence-electron chi connectivity index (χ0n) is 14.7. The summed E-state index contributed by atoms with van der Waals surface area (Å²) in [6, 6.07) is 2.03. The van der Waals surface area contributed by atoms with E-state index in [0.29, 0.717) is 31.7 Å². The highest BCUT2D eigenvalue weighted by atomic mass is 16.5. The van der Waals surface area contributed by atoms with Gasteiger partial charge < -0.3 is 15.2 Å². The molecule has 0 spiro atoms. The fraction of sp³-hybridized carbons (Fsp3) is 0.706. The van der Waals surface area contributed by atoms with Gasteiger partial charge in [-0.2, -0.15) is 5.10 Å². The second-order valence-corrected chi connectivity index (χ2v) is 6.50. The largest absolute Gasteiger partial charge is 0.481 e. The maximum atomic E-state index is 12.6. The lowest BCUT2D eigenvalue weighted by atomic mass is 9.86. The Morgan fingerprint density at radius 1 is 1.38 bits per heavy atom. The number of amides is 1. The van der Waals surface area contributed by atoms with Crippen molar-refractivity contribution in [2.24, 2.45) is 0 Å². The van der Waals surface area contributed by atoms with Crippen LogP contribution in [0.5, 0.6) is 0 Å². The molecule has 0 saturated carbocycles. The normalized spacial score (nSPS) is 17.0. The fourth-order valence-electron chi connectivity index (χ4n) is 3.31. The van der Waals surface area contributed by atoms with E-state index in [4.69, 9.17) is 4.74 Å². The summed E-state index contributed by atoms with van der Waals surface area (Å²) in [6.07, 6.45) is 2.78. The van der Waals surface area contributed by atoms with E-state index >= 15 is 0 Å². The number of aliphatic carboxylic acids is 1. The summed E-state index contributed by atoms with van der Waals surface area (Å²) in [6.45, 7) is 7.03. The summed E-state index contributed by atoms with van der Waals surface area (Å²) in [4.78, 5) is 23.8. The first-order valence-electron chi connectivity index (χ1n) is 8.59. The van der Waals surface area contributed by atoms with Crippen LogP contribution in [0, 0.1) is 6.92 Å². The van der Waals surface area contributed by atoms with Crippen LogP contribution >= 0.6 is 0 Å². The number of ether oxygens (including phenoxy) is 1. The molecule has 0 bridgehead atoms. The number of hydrogen-bond acceptors (Lipinski definition) is 4. The van der Waals surface area contributed by atoms with Gasteiger partial charge in [-0.25, -0.2) is 0 Å². The van der Waals surface area contributed by atoms with Gasteiger partial charge in [-0.3, -0.25) is 14.3 Å². The molecule has 0 radical (unpaired) electrons. The van der Waals surface area contributed by atoms with Crippen molar-refractivity contribution in [3.05, 3.63) is 17.5 Å². The quantitative estimate of drug-likeness (QED) is 0.796. The van der Waals surface area contributed by atoms with E-state index in [9.17, 15) is 14.7 Å². The Bertz CT molecular complexity index is 587. The summed E-state index contributed by atoms with van der Waals surface area (Å²) in [5.41, 5.74) is 0.525. The molecule has 0 unspecified atom stereocenters. The predicted octanol–water partition coefficient (Wildman–Crippen LogP) is 2.31. The van der Waals surface area contributed by atoms with Crippen LogP contribution in [0.2, 0.25) is 0 Å². The summed E-state index contributed by atoms with van der Waals surface area (Å²) in [5.74, 6) is -1.23. The highest BCUT2D eigenvalue weighted by molar-refractivity contribution is 5.93. The first kappa shape index (κ1) is 18.4. The van der Waals surface area contributed by atoms with E-state index in [-0.39, 0.29) is 18.4 Å². The van der Waals surface area contributed by atoms with Gasteiger partial charge in [0.05, 0.1) is 18.0 Å². The van der Waals surface area contributed by atoms with E-state index in [1.54, 1.807) is 6.07 Å². The van der Waals surface area contributed by atoms with Crippen molar-refractivity contribution >= 4 is 11.9 Å². The number of rotatable bonds is 7. The van der Waals surface area contributed by atoms with Crippen molar-refractivity contribution < 1.29 is 19.4 Å². The average molecular weight is 337 g/mol. The second kappa shape index (κ2) is 7.79. The lowest BCUT2D eigenvalue weighted by molar-refractivity contribution is -0.139. The minimum atomic E-state index is -0.920. The molecule has 1 aromatic heterocycles. The van der Waals surface area contributed by atoms with Gasteiger partial charge in [-0.1, -0.05) is 13.8 Å². The molecule has 1 amide bonds. The van der Waals surface area contributed by atoms with Gasteiger partial charge in [-0.15, -0.1) is 0 Å². The Hall–Kier alpha value is -1.89. The average Bonchev–Trinajstić information content (AvgIpc) is 2.91. The van der Waals surface area contributed by atoms with Crippen LogP contribution in [0.3, 0.4) is 0 Å². The van der Waals surface area contributed by atoms with Crippen molar-refractivity contribution in [1.82, 2.24) is 15.1 Å². The number of aryl methyl sites for hydroxylation is 1. The number of carboxylic acid groups (broad SMARTS) is 1. The van der Waals surface area contributed by atoms with Gasteiger partial charge in [0, 0.05) is 18.9 Å². The smallest absolute Gasteiger partial charge is 0.305 e. The van der Waals surface area contributed by atoms with Crippen LogP contribution < -0.4 is 5.32 Å². The molecule has 2 N–H and O–H groups in total. The fourth-order valence-corrected chi connectivity index (χ4v) is 3.31. The highest BCUT2D eigenvalue weighted by Gasteiger charge is 2.37. The van der Waals surface area contributed by atoms with Gasteiger partial charge in [0.2, 0.25) is 0 Å². The molecule has 1 fully saturated rings. The van der Waals surface area contributed by atoms with Crippen LogP contribution in [0.1, 0.15) is 68.2 Å². The third-order valence-corrected chi connectivity index (χ3v) is 4.76. The summed E-state index contributed by atoms with van der Waals surface area (Å²) >= 11 is 0. The molecule has 0 aliphatic carbocycles. The molecular weight excluding hydrogens is 310 g/mol. The van der Waals surface area contributed by atoms with Gasteiger partial charge in [0.1, 0.15) is 5.69 Å². The highest BCUT2D eigenvalue weighted by Crippen LogP contribution is 2.25. The van der Waals surface area contributed by atoms with Crippen LogP contribution in [0.25, 0.3) is 0 Å². The predicted molar refractivity (Wildman–Crippen MR) is 89.1 cm³/mol. The summed E-state index contributed by atoms with van der Waals surface area (Å²) < 4.78 is 7.21. The lowest BCUT2D eigenvalue weighted by Gasteiger charge is -2.36. The number of carbonyl (C=O) groups excluding carboxylic acids is 1. The molecule has 0 atom stereocenters. The number of nitrogens with zero attached hydrogens (tertiary/aromatic N) is 2. The van der Waals surface area contributed by atoms with Crippen molar-refractivity contribution in [2.45, 2.75) is 64.5 Å². The van der Waals surface area contributed by atoms with Crippen molar-refractivity contribution in [3.63, 3.8) is 0 Å². The standard InChI is InChI=1S/C17H27N3O4/c1-4-13(5-2)20-12(3)10-14(19-20)16(23)18-17(11-15(21)22)6-8-24-9-7-17/h10,13H,4-9,11H2,1-3H3,(H,18,23)(H,21,22). The Morgan fingerprint density at radius 3 is 2.54 bits per heavy atom. The van der Waals surface area contributed by atoms with Crippen molar-refractivity contribution in [1.29, 1.82) is 0 Å². The van der Waals surface area contributed by atoms with E-state index in [2.05, 4.69) is 24.3 Å². The number of aromatic nitrogens is 2. The Morgan fingerprint density at radius 2 is 2.00 bits per heavy atom. The molecule has 0 aromatic carbocycles. The maximum Gasteiger partial charge on any atom is 0.305 e. The van der Waals surface area contributed by atoms with Crippen molar-refractivity contribution in [2.75, 3.05) is 13.2 Å². The van der Waals surface area contributed by atoms with E-state index < -0.39 is 11.5 Å². The SMILES string of the molecule is CCC(CC)n1nc(C(=O)NC2(CC(=O)O)CCOCC2)cc1C. The van der Waals surface area contributed by atoms with E-state index in [1.807, 2.05) is 11.6 Å². The van der Waals surface area contributed by atoms with Crippen LogP contribution in [-0.2, 0) is 9.53 Å². The minimum absolute atomic E-state index is 0.103. The number of hydrogen-bond donors (Lipinski definition) is 2. The molecule has 2 heterocycles. The van der Waals surface area contributed by atoms with Crippen molar-refractivity contribution in [3.8, 4) is 0 Å². The first-order valence-corrected chi connectivity index (χ1v) is 8.59. The zero-order valence-corrected chi connectivity index (χ0v) is 14.7. The number of nitrogens with one attached hydrogen (secondary N) is 1. The van der Waals surface area contributed by atoms with Gasteiger partial charge in [0.15, 0.2) is 0 Å². The topological polar surface area (TPSA) is 93.5 Å². The minimum Gasteiger partial charge on any atom is -0.481 e.